The molecule has 0 atom stereocenters. The van der Waals surface area contributed by atoms with Gasteiger partial charge >= 0.3 is 0 Å². The number of anilines is 1. The fourth-order valence-electron chi connectivity index (χ4n) is 2.17. The van der Waals surface area contributed by atoms with Crippen molar-refractivity contribution in [2.24, 2.45) is 0 Å². The molecule has 21 heavy (non-hydrogen) atoms. The number of amides is 1. The third kappa shape index (κ3) is 2.86. The molecule has 1 heterocycles. The van der Waals surface area contributed by atoms with E-state index in [0.29, 0.717) is 23.5 Å². The lowest BCUT2D eigenvalue weighted by Gasteiger charge is -2.06. The Morgan fingerprint density at radius 3 is 2.76 bits per heavy atom. The minimum absolute atomic E-state index is 0.114. The van der Waals surface area contributed by atoms with Gasteiger partial charge in [0.05, 0.1) is 6.42 Å². The second-order valence-electron chi connectivity index (χ2n) is 4.78. The molecule has 3 aromatic rings. The van der Waals surface area contributed by atoms with Crippen LogP contribution in [0.1, 0.15) is 11.3 Å². The van der Waals surface area contributed by atoms with Crippen molar-refractivity contribution in [2.75, 3.05) is 5.73 Å². The van der Waals surface area contributed by atoms with E-state index in [4.69, 9.17) is 10.3 Å². The van der Waals surface area contributed by atoms with Gasteiger partial charge in [0.15, 0.2) is 5.58 Å². The van der Waals surface area contributed by atoms with Crippen molar-refractivity contribution in [3.8, 4) is 0 Å². The maximum Gasteiger partial charge on any atom is 0.226 e. The van der Waals surface area contributed by atoms with Crippen molar-refractivity contribution < 1.29 is 9.32 Å². The van der Waals surface area contributed by atoms with Crippen LogP contribution in [0.4, 0.5) is 5.69 Å². The van der Waals surface area contributed by atoms with Crippen LogP contribution < -0.4 is 11.1 Å². The van der Waals surface area contributed by atoms with Crippen molar-refractivity contribution >= 4 is 22.6 Å². The number of benzene rings is 2. The van der Waals surface area contributed by atoms with Gasteiger partial charge in [0.1, 0.15) is 5.69 Å². The van der Waals surface area contributed by atoms with Gasteiger partial charge in [-0.25, -0.2) is 0 Å². The van der Waals surface area contributed by atoms with Crippen molar-refractivity contribution in [3.63, 3.8) is 0 Å². The fraction of sp³-hybridized carbons (Fsp3) is 0.125. The molecule has 106 valence electrons. The van der Waals surface area contributed by atoms with E-state index >= 15 is 0 Å². The monoisotopic (exact) mass is 281 g/mol. The van der Waals surface area contributed by atoms with E-state index in [2.05, 4.69) is 10.5 Å². The fourth-order valence-corrected chi connectivity index (χ4v) is 2.17. The van der Waals surface area contributed by atoms with Gasteiger partial charge in [-0.3, -0.25) is 4.79 Å². The highest BCUT2D eigenvalue weighted by molar-refractivity contribution is 5.86. The molecule has 0 saturated heterocycles. The molecule has 5 nitrogen and oxygen atoms in total. The topological polar surface area (TPSA) is 81.1 Å². The quantitative estimate of drug-likeness (QED) is 0.719. The average molecular weight is 281 g/mol. The van der Waals surface area contributed by atoms with Gasteiger partial charge in [-0.05, 0) is 23.8 Å². The Morgan fingerprint density at radius 2 is 1.90 bits per heavy atom. The number of carbonyl (C=O) groups excluding carboxylic acids is 1. The number of fused-ring (bicyclic) bond motifs is 1. The molecule has 0 unspecified atom stereocenters. The zero-order valence-corrected chi connectivity index (χ0v) is 11.4. The van der Waals surface area contributed by atoms with Crippen molar-refractivity contribution in [1.29, 1.82) is 0 Å². The molecule has 5 heteroatoms. The van der Waals surface area contributed by atoms with Crippen LogP contribution in [0.3, 0.4) is 0 Å². The molecule has 1 amide bonds. The number of nitrogens with two attached hydrogens (primary N) is 1. The van der Waals surface area contributed by atoms with Crippen LogP contribution in [0.5, 0.6) is 0 Å². The van der Waals surface area contributed by atoms with Gasteiger partial charge in [-0.1, -0.05) is 35.5 Å². The number of hydrogen-bond donors (Lipinski definition) is 2. The number of nitrogens with one attached hydrogen (secondary N) is 1. The van der Waals surface area contributed by atoms with Crippen LogP contribution in [0.2, 0.25) is 0 Å². The van der Waals surface area contributed by atoms with Crippen LogP contribution in [0.15, 0.2) is 53.1 Å². The summed E-state index contributed by atoms with van der Waals surface area (Å²) in [6.07, 6.45) is 0.184. The summed E-state index contributed by atoms with van der Waals surface area (Å²) in [5.41, 5.74) is 8.74. The van der Waals surface area contributed by atoms with Gasteiger partial charge in [0.2, 0.25) is 5.91 Å². The molecule has 2 aromatic carbocycles. The molecule has 0 radical (unpaired) electrons. The summed E-state index contributed by atoms with van der Waals surface area (Å²) in [6, 6.07) is 14.9. The molecular weight excluding hydrogens is 266 g/mol. The van der Waals surface area contributed by atoms with Crippen LogP contribution in [-0.2, 0) is 17.8 Å². The summed E-state index contributed by atoms with van der Waals surface area (Å²) in [5.74, 6) is -0.114. The molecule has 3 rings (SSSR count). The Labute approximate surface area is 121 Å². The number of rotatable bonds is 4. The summed E-state index contributed by atoms with van der Waals surface area (Å²) in [5, 5.41) is 7.66. The van der Waals surface area contributed by atoms with Crippen molar-refractivity contribution in [3.05, 3.63) is 59.8 Å². The van der Waals surface area contributed by atoms with E-state index < -0.39 is 0 Å². The average Bonchev–Trinajstić information content (AvgIpc) is 2.90. The van der Waals surface area contributed by atoms with Gasteiger partial charge in [-0.2, -0.15) is 0 Å². The maximum absolute atomic E-state index is 12.0. The number of nitrogens with zero attached hydrogens (tertiary/aromatic N) is 1. The van der Waals surface area contributed by atoms with Crippen LogP contribution in [-0.4, -0.2) is 11.1 Å². The normalized spacial score (nSPS) is 10.7. The number of carbonyl (C=O) groups is 1. The Kier molecular flexibility index (Phi) is 3.55. The summed E-state index contributed by atoms with van der Waals surface area (Å²) >= 11 is 0. The lowest BCUT2D eigenvalue weighted by atomic mass is 10.1. The Hall–Kier alpha value is -2.82. The number of hydrogen-bond acceptors (Lipinski definition) is 4. The second kappa shape index (κ2) is 5.66. The Balaban J connectivity index is 1.66. The first kappa shape index (κ1) is 13.2. The lowest BCUT2D eigenvalue weighted by Crippen LogP contribution is -2.25. The first-order valence-electron chi connectivity index (χ1n) is 6.67. The minimum Gasteiger partial charge on any atom is -0.398 e. The highest BCUT2D eigenvalue weighted by atomic mass is 16.5. The van der Waals surface area contributed by atoms with E-state index in [1.807, 2.05) is 48.5 Å². The number of aromatic nitrogens is 1. The summed E-state index contributed by atoms with van der Waals surface area (Å²) in [7, 11) is 0. The highest BCUT2D eigenvalue weighted by Crippen LogP contribution is 2.18. The van der Waals surface area contributed by atoms with Crippen molar-refractivity contribution in [1.82, 2.24) is 10.5 Å². The van der Waals surface area contributed by atoms with Crippen molar-refractivity contribution in [2.45, 2.75) is 13.0 Å². The van der Waals surface area contributed by atoms with Crippen LogP contribution >= 0.6 is 0 Å². The Morgan fingerprint density at radius 1 is 1.14 bits per heavy atom. The van der Waals surface area contributed by atoms with E-state index in [1.165, 1.54) is 0 Å². The summed E-state index contributed by atoms with van der Waals surface area (Å²) < 4.78 is 5.18. The molecule has 0 spiro atoms. The molecule has 0 aliphatic heterocycles. The van der Waals surface area contributed by atoms with Gasteiger partial charge in [-0.15, -0.1) is 0 Å². The molecule has 0 fully saturated rings. The second-order valence-corrected chi connectivity index (χ2v) is 4.78. The third-order valence-corrected chi connectivity index (χ3v) is 3.31. The molecule has 0 saturated carbocycles. The molecule has 1 aromatic heterocycles. The standard InChI is InChI=1S/C16H15N3O2/c17-13-7-3-1-5-11(13)10-18-16(20)9-14-12-6-2-4-8-15(12)21-19-14/h1-8H,9-10,17H2,(H,18,20). The SMILES string of the molecule is Nc1ccccc1CNC(=O)Cc1noc2ccccc12. The number of para-hydroxylation sites is 2. The minimum atomic E-state index is -0.114. The molecule has 0 aliphatic carbocycles. The number of nitrogen functional groups attached to an aromatic ring is 1. The van der Waals surface area contributed by atoms with E-state index in [-0.39, 0.29) is 12.3 Å². The first-order chi connectivity index (χ1) is 10.2. The predicted molar refractivity (Wildman–Crippen MR) is 80.4 cm³/mol. The van der Waals surface area contributed by atoms with Gasteiger partial charge in [0, 0.05) is 17.6 Å². The largest absolute Gasteiger partial charge is 0.398 e. The molecule has 0 aliphatic rings. The molecular formula is C16H15N3O2. The third-order valence-electron chi connectivity index (χ3n) is 3.31. The van der Waals surface area contributed by atoms with Crippen LogP contribution in [0, 0.1) is 0 Å². The predicted octanol–water partition coefficient (Wildman–Crippen LogP) is 2.27. The smallest absolute Gasteiger partial charge is 0.226 e. The zero-order chi connectivity index (χ0) is 14.7. The zero-order valence-electron chi connectivity index (χ0n) is 11.4. The summed E-state index contributed by atoms with van der Waals surface area (Å²) in [6.45, 7) is 0.404. The lowest BCUT2D eigenvalue weighted by molar-refractivity contribution is -0.120. The van der Waals surface area contributed by atoms with Crippen LogP contribution in [0.25, 0.3) is 11.0 Å². The van der Waals surface area contributed by atoms with Gasteiger partial charge in [0.25, 0.3) is 0 Å². The van der Waals surface area contributed by atoms with E-state index in [1.54, 1.807) is 0 Å². The molecule has 3 N–H and O–H groups in total. The van der Waals surface area contributed by atoms with E-state index in [9.17, 15) is 4.79 Å². The highest BCUT2D eigenvalue weighted by Gasteiger charge is 2.12. The van der Waals surface area contributed by atoms with E-state index in [0.717, 1.165) is 10.9 Å². The molecule has 0 bridgehead atoms. The van der Waals surface area contributed by atoms with Gasteiger partial charge < -0.3 is 15.6 Å². The summed E-state index contributed by atoms with van der Waals surface area (Å²) in [4.78, 5) is 12.0. The Bertz CT molecular complexity index is 780. The first-order valence-corrected chi connectivity index (χ1v) is 6.67. The maximum atomic E-state index is 12.0.